The molecule has 1 atom stereocenters. The van der Waals surface area contributed by atoms with E-state index in [0.717, 1.165) is 23.7 Å². The fourth-order valence-corrected chi connectivity index (χ4v) is 5.85. The molecule has 0 spiro atoms. The second kappa shape index (κ2) is 8.65. The maximum Gasteiger partial charge on any atom is 0.264 e. The van der Waals surface area contributed by atoms with E-state index >= 15 is 0 Å². The van der Waals surface area contributed by atoms with Crippen molar-refractivity contribution in [1.29, 1.82) is 0 Å². The van der Waals surface area contributed by atoms with E-state index in [2.05, 4.69) is 17.2 Å². The number of carbonyl (C=O) groups excluding carboxylic acids is 1. The first-order valence-corrected chi connectivity index (χ1v) is 12.9. The first-order chi connectivity index (χ1) is 16.3. The quantitative estimate of drug-likeness (QED) is 0.409. The summed E-state index contributed by atoms with van der Waals surface area (Å²) >= 11 is 0. The van der Waals surface area contributed by atoms with Gasteiger partial charge in [0.05, 0.1) is 10.6 Å². The molecule has 5 rings (SSSR count). The average Bonchev–Trinajstić information content (AvgIpc) is 3.21. The van der Waals surface area contributed by atoms with Gasteiger partial charge >= 0.3 is 0 Å². The van der Waals surface area contributed by atoms with Gasteiger partial charge in [0, 0.05) is 34.9 Å². The van der Waals surface area contributed by atoms with Crippen LogP contribution in [0, 0.1) is 5.92 Å². The molecule has 0 unspecified atom stereocenters. The van der Waals surface area contributed by atoms with E-state index in [-0.39, 0.29) is 10.8 Å². The van der Waals surface area contributed by atoms with Crippen LogP contribution in [0.1, 0.15) is 35.0 Å². The van der Waals surface area contributed by atoms with Crippen LogP contribution >= 0.6 is 0 Å². The zero-order chi connectivity index (χ0) is 23.9. The summed E-state index contributed by atoms with van der Waals surface area (Å²) in [7, 11) is -2.26. The molecule has 1 aromatic heterocycles. The van der Waals surface area contributed by atoms with Crippen LogP contribution in [0.2, 0.25) is 0 Å². The average molecular weight is 474 g/mol. The van der Waals surface area contributed by atoms with Crippen molar-refractivity contribution in [3.8, 4) is 0 Å². The van der Waals surface area contributed by atoms with Crippen LogP contribution in [0.15, 0.2) is 77.7 Å². The number of rotatable bonds is 5. The summed E-state index contributed by atoms with van der Waals surface area (Å²) < 4.78 is 27.5. The predicted molar refractivity (Wildman–Crippen MR) is 136 cm³/mol. The van der Waals surface area contributed by atoms with Gasteiger partial charge in [-0.25, -0.2) is 8.42 Å². The number of aryl methyl sites for hydroxylation is 1. The number of benzene rings is 3. The van der Waals surface area contributed by atoms with Crippen LogP contribution in [0.4, 0.5) is 11.4 Å². The zero-order valence-corrected chi connectivity index (χ0v) is 20.0. The highest BCUT2D eigenvalue weighted by Gasteiger charge is 2.23. The van der Waals surface area contributed by atoms with Crippen molar-refractivity contribution < 1.29 is 13.2 Å². The third kappa shape index (κ3) is 4.07. The zero-order valence-electron chi connectivity index (χ0n) is 19.2. The van der Waals surface area contributed by atoms with Crippen molar-refractivity contribution in [2.24, 2.45) is 5.92 Å². The second-order valence-corrected chi connectivity index (χ2v) is 10.9. The van der Waals surface area contributed by atoms with E-state index < -0.39 is 10.0 Å². The topological polar surface area (TPSA) is 82.3 Å². The molecule has 0 saturated carbocycles. The number of hydrogen-bond acceptors (Lipinski definition) is 3. The number of nitrogens with one attached hydrogen (secondary N) is 2. The molecule has 0 bridgehead atoms. The molecule has 3 aromatic carbocycles. The Morgan fingerprint density at radius 3 is 2.62 bits per heavy atom. The highest BCUT2D eigenvalue weighted by atomic mass is 32.2. The number of fused-ring (bicyclic) bond motifs is 3. The maximum absolute atomic E-state index is 13.1. The lowest BCUT2D eigenvalue weighted by atomic mass is 9.87. The van der Waals surface area contributed by atoms with Crippen molar-refractivity contribution in [2.75, 3.05) is 16.7 Å². The third-order valence-electron chi connectivity index (χ3n) is 6.57. The minimum atomic E-state index is -3.77. The van der Waals surface area contributed by atoms with Gasteiger partial charge in [-0.15, -0.1) is 0 Å². The largest absolute Gasteiger partial charge is 0.358 e. The first-order valence-electron chi connectivity index (χ1n) is 11.4. The minimum absolute atomic E-state index is 0.112. The van der Waals surface area contributed by atoms with Crippen molar-refractivity contribution in [1.82, 2.24) is 4.98 Å². The van der Waals surface area contributed by atoms with Gasteiger partial charge < -0.3 is 10.3 Å². The third-order valence-corrected chi connectivity index (χ3v) is 8.35. The van der Waals surface area contributed by atoms with Crippen LogP contribution in [-0.2, 0) is 22.9 Å². The number of aromatic nitrogens is 1. The number of aromatic amines is 1. The summed E-state index contributed by atoms with van der Waals surface area (Å²) in [5.74, 6) is 0.356. The number of para-hydroxylation sites is 1. The van der Waals surface area contributed by atoms with E-state index in [1.54, 1.807) is 42.5 Å². The number of anilines is 2. The van der Waals surface area contributed by atoms with E-state index in [4.69, 9.17) is 0 Å². The van der Waals surface area contributed by atoms with Crippen molar-refractivity contribution in [3.05, 3.63) is 89.6 Å². The van der Waals surface area contributed by atoms with Crippen LogP contribution in [0.5, 0.6) is 0 Å². The molecule has 0 fully saturated rings. The van der Waals surface area contributed by atoms with Gasteiger partial charge in [0.25, 0.3) is 15.9 Å². The van der Waals surface area contributed by atoms with E-state index in [1.807, 2.05) is 18.2 Å². The van der Waals surface area contributed by atoms with E-state index in [9.17, 15) is 13.2 Å². The number of sulfonamides is 1. The summed E-state index contributed by atoms with van der Waals surface area (Å²) in [5.41, 5.74) is 5.16. The van der Waals surface area contributed by atoms with Gasteiger partial charge in [0.15, 0.2) is 0 Å². The van der Waals surface area contributed by atoms with Crippen LogP contribution < -0.4 is 9.62 Å². The Morgan fingerprint density at radius 1 is 1.03 bits per heavy atom. The number of carbonyl (C=O) groups is 1. The van der Waals surface area contributed by atoms with E-state index in [1.165, 1.54) is 41.2 Å². The molecule has 174 valence electrons. The molecule has 6 nitrogen and oxygen atoms in total. The Hall–Kier alpha value is -3.58. The molecule has 2 N–H and O–H groups in total. The van der Waals surface area contributed by atoms with Crippen LogP contribution in [0.25, 0.3) is 10.9 Å². The molecule has 0 aliphatic heterocycles. The monoisotopic (exact) mass is 473 g/mol. The normalized spacial score (nSPS) is 15.6. The fourth-order valence-electron chi connectivity index (χ4n) is 4.60. The standard InChI is InChI=1S/C27H27N3O3S/c1-18-11-13-25-23(15-18)24-16-19(12-14-26(24)29-25)27(31)28-20-7-6-10-22(17-20)34(32,33)30(2)21-8-4-3-5-9-21/h3-10,12,14,16-18,29H,11,13,15H2,1-2H3,(H,28,31)/t18-/m0/s1. The summed E-state index contributed by atoms with van der Waals surface area (Å²) in [4.78, 5) is 16.7. The summed E-state index contributed by atoms with van der Waals surface area (Å²) in [6.07, 6.45) is 3.21. The molecule has 34 heavy (non-hydrogen) atoms. The predicted octanol–water partition coefficient (Wildman–Crippen LogP) is 5.37. The van der Waals surface area contributed by atoms with Crippen molar-refractivity contribution in [3.63, 3.8) is 0 Å². The van der Waals surface area contributed by atoms with Crippen LogP contribution in [0.3, 0.4) is 0 Å². The van der Waals surface area contributed by atoms with Crippen LogP contribution in [-0.4, -0.2) is 26.4 Å². The molecule has 1 amide bonds. The molecule has 1 heterocycles. The van der Waals surface area contributed by atoms with Gasteiger partial charge in [0.2, 0.25) is 0 Å². The summed E-state index contributed by atoms with van der Waals surface area (Å²) in [5, 5.41) is 3.96. The Labute approximate surface area is 199 Å². The second-order valence-electron chi connectivity index (χ2n) is 8.98. The van der Waals surface area contributed by atoms with Crippen molar-refractivity contribution >= 4 is 38.2 Å². The highest BCUT2D eigenvalue weighted by molar-refractivity contribution is 7.92. The minimum Gasteiger partial charge on any atom is -0.358 e. The molecule has 0 radical (unpaired) electrons. The van der Waals surface area contributed by atoms with Gasteiger partial charge in [-0.3, -0.25) is 9.10 Å². The Balaban J connectivity index is 1.40. The number of H-pyrrole nitrogens is 1. The molecular formula is C27H27N3O3S. The molecule has 1 aliphatic carbocycles. The Morgan fingerprint density at radius 2 is 1.82 bits per heavy atom. The lowest BCUT2D eigenvalue weighted by Crippen LogP contribution is -2.26. The lowest BCUT2D eigenvalue weighted by Gasteiger charge is -2.20. The van der Waals surface area contributed by atoms with Gasteiger partial charge in [0.1, 0.15) is 0 Å². The molecule has 0 saturated heterocycles. The van der Waals surface area contributed by atoms with Crippen molar-refractivity contribution in [2.45, 2.75) is 31.1 Å². The molecule has 7 heteroatoms. The molecule has 1 aliphatic rings. The first kappa shape index (κ1) is 22.2. The van der Waals surface area contributed by atoms with Gasteiger partial charge in [-0.1, -0.05) is 31.2 Å². The molecule has 4 aromatic rings. The lowest BCUT2D eigenvalue weighted by molar-refractivity contribution is 0.102. The Bertz CT molecular complexity index is 1480. The number of hydrogen-bond donors (Lipinski definition) is 2. The summed E-state index contributed by atoms with van der Waals surface area (Å²) in [6, 6.07) is 20.9. The maximum atomic E-state index is 13.1. The SMILES string of the molecule is C[C@H]1CCc2[nH]c3ccc(C(=O)Nc4cccc(S(=O)(=O)N(C)c5ccccc5)c4)cc3c2C1. The van der Waals surface area contributed by atoms with Gasteiger partial charge in [-0.2, -0.15) is 0 Å². The molecular weight excluding hydrogens is 446 g/mol. The Kier molecular flexibility index (Phi) is 5.65. The number of amides is 1. The van der Waals surface area contributed by atoms with Gasteiger partial charge in [-0.05, 0) is 79.3 Å². The fraction of sp³-hybridized carbons (Fsp3) is 0.222. The summed E-state index contributed by atoms with van der Waals surface area (Å²) in [6.45, 7) is 2.26. The smallest absolute Gasteiger partial charge is 0.264 e. The number of nitrogens with zero attached hydrogens (tertiary/aromatic N) is 1. The highest BCUT2D eigenvalue weighted by Crippen LogP contribution is 2.32. The van der Waals surface area contributed by atoms with E-state index in [0.29, 0.717) is 22.9 Å².